The van der Waals surface area contributed by atoms with Crippen LogP contribution in [0, 0.1) is 12.3 Å². The third kappa shape index (κ3) is 5.02. The van der Waals surface area contributed by atoms with Gasteiger partial charge >= 0.3 is 6.18 Å². The maximum atomic E-state index is 12.2. The number of thioether (sulfide) groups is 1. The highest BCUT2D eigenvalue weighted by atomic mass is 32.2. The van der Waals surface area contributed by atoms with Crippen LogP contribution in [0.2, 0.25) is 0 Å². The number of alkyl halides is 3. The van der Waals surface area contributed by atoms with Crippen LogP contribution in [-0.2, 0) is 4.79 Å². The number of rotatable bonds is 4. The summed E-state index contributed by atoms with van der Waals surface area (Å²) in [7, 11) is 0. The third-order valence-corrected chi connectivity index (χ3v) is 2.41. The van der Waals surface area contributed by atoms with E-state index in [-0.39, 0.29) is 6.54 Å². The molecule has 0 aromatic heterocycles. The highest BCUT2D eigenvalue weighted by molar-refractivity contribution is 7.99. The zero-order chi connectivity index (χ0) is 11.2. The quantitative estimate of drug-likeness (QED) is 0.733. The molecule has 1 atom stereocenters. The van der Waals surface area contributed by atoms with E-state index in [9.17, 15) is 18.0 Å². The monoisotopic (exact) mass is 225 g/mol. The summed E-state index contributed by atoms with van der Waals surface area (Å²) in [5.74, 6) is 1.43. The van der Waals surface area contributed by atoms with Crippen LogP contribution in [0.4, 0.5) is 13.2 Å². The fourth-order valence-corrected chi connectivity index (χ4v) is 1.31. The van der Waals surface area contributed by atoms with E-state index >= 15 is 0 Å². The van der Waals surface area contributed by atoms with Crippen molar-refractivity contribution < 1.29 is 18.0 Å². The molecule has 1 unspecified atom stereocenters. The van der Waals surface area contributed by atoms with E-state index in [4.69, 9.17) is 6.42 Å². The van der Waals surface area contributed by atoms with Crippen molar-refractivity contribution in [3.63, 3.8) is 0 Å². The lowest BCUT2D eigenvalue weighted by atomic mass is 10.3. The summed E-state index contributed by atoms with van der Waals surface area (Å²) in [5, 5.41) is 0.514. The molecule has 2 nitrogen and oxygen atoms in total. The maximum Gasteiger partial charge on any atom is 0.401 e. The summed E-state index contributed by atoms with van der Waals surface area (Å²) in [4.78, 5) is 10.9. The Morgan fingerprint density at radius 3 is 2.57 bits per heavy atom. The minimum Gasteiger partial charge on any atom is -0.345 e. The lowest BCUT2D eigenvalue weighted by Crippen LogP contribution is -2.33. The predicted octanol–water partition coefficient (Wildman–Crippen LogP) is 1.42. The van der Waals surface area contributed by atoms with E-state index in [0.717, 1.165) is 0 Å². The molecule has 0 radical (unpaired) electrons. The molecule has 0 spiro atoms. The molecule has 0 saturated heterocycles. The van der Waals surface area contributed by atoms with Gasteiger partial charge in [0, 0.05) is 6.42 Å². The fraction of sp³-hybridized carbons (Fsp3) is 0.625. The molecule has 80 valence electrons. The van der Waals surface area contributed by atoms with Gasteiger partial charge in [-0.15, -0.1) is 6.42 Å². The van der Waals surface area contributed by atoms with Crippen molar-refractivity contribution in [2.24, 2.45) is 0 Å². The van der Waals surface area contributed by atoms with Gasteiger partial charge in [-0.3, -0.25) is 4.79 Å². The highest BCUT2D eigenvalue weighted by Gasteiger charge is 2.40. The zero-order valence-corrected chi connectivity index (χ0v) is 8.34. The van der Waals surface area contributed by atoms with Gasteiger partial charge in [0.05, 0.1) is 6.54 Å². The van der Waals surface area contributed by atoms with Gasteiger partial charge in [-0.05, 0) is 6.26 Å². The molecule has 1 N–H and O–H groups in total. The fourth-order valence-electron chi connectivity index (χ4n) is 0.723. The summed E-state index contributed by atoms with van der Waals surface area (Å²) in [5.41, 5.74) is 0. The number of halogens is 3. The molecule has 0 rings (SSSR count). The number of terminal acetylenes is 1. The van der Waals surface area contributed by atoms with Crippen LogP contribution in [0.15, 0.2) is 0 Å². The first kappa shape index (κ1) is 13.2. The maximum absolute atomic E-state index is 12.2. The van der Waals surface area contributed by atoms with Crippen molar-refractivity contribution in [1.29, 1.82) is 0 Å². The zero-order valence-electron chi connectivity index (χ0n) is 7.52. The van der Waals surface area contributed by atoms with Crippen LogP contribution >= 0.6 is 11.8 Å². The molecule has 0 aromatic carbocycles. The lowest BCUT2D eigenvalue weighted by molar-refractivity contribution is -0.139. The molecular weight excluding hydrogens is 215 g/mol. The van der Waals surface area contributed by atoms with Crippen molar-refractivity contribution in [2.45, 2.75) is 17.8 Å². The SMILES string of the molecule is C#CCNC(=O)CC(SC)C(F)(F)F. The van der Waals surface area contributed by atoms with Crippen LogP contribution in [0.1, 0.15) is 6.42 Å². The molecule has 0 aliphatic rings. The average molecular weight is 225 g/mol. The summed E-state index contributed by atoms with van der Waals surface area (Å²) in [6, 6.07) is 0. The van der Waals surface area contributed by atoms with Crippen molar-refractivity contribution in [1.82, 2.24) is 5.32 Å². The molecule has 0 aliphatic carbocycles. The summed E-state index contributed by atoms with van der Waals surface area (Å²) < 4.78 is 36.5. The van der Waals surface area contributed by atoms with Gasteiger partial charge in [0.2, 0.25) is 5.91 Å². The van der Waals surface area contributed by atoms with Crippen molar-refractivity contribution in [3.05, 3.63) is 0 Å². The van der Waals surface area contributed by atoms with Crippen molar-refractivity contribution in [3.8, 4) is 12.3 Å². The first-order valence-corrected chi connectivity index (χ1v) is 5.00. The normalized spacial score (nSPS) is 13.1. The Balaban J connectivity index is 4.07. The molecule has 0 saturated carbocycles. The van der Waals surface area contributed by atoms with E-state index < -0.39 is 23.8 Å². The second-order valence-corrected chi connectivity index (χ2v) is 3.49. The Morgan fingerprint density at radius 2 is 2.21 bits per heavy atom. The second kappa shape index (κ2) is 5.81. The van der Waals surface area contributed by atoms with Gasteiger partial charge in [-0.1, -0.05) is 5.92 Å². The van der Waals surface area contributed by atoms with Gasteiger partial charge < -0.3 is 5.32 Å². The largest absolute Gasteiger partial charge is 0.401 e. The van der Waals surface area contributed by atoms with Crippen molar-refractivity contribution >= 4 is 17.7 Å². The molecule has 0 bridgehead atoms. The standard InChI is InChI=1S/C8H10F3NOS/c1-3-4-12-7(13)5-6(14-2)8(9,10)11/h1,6H,4-5H2,2H3,(H,12,13). The second-order valence-electron chi connectivity index (χ2n) is 2.45. The summed E-state index contributed by atoms with van der Waals surface area (Å²) in [6.07, 6.45) is 1.20. The molecular formula is C8H10F3NOS. The Morgan fingerprint density at radius 1 is 1.64 bits per heavy atom. The van der Waals surface area contributed by atoms with Crippen LogP contribution in [0.5, 0.6) is 0 Å². The minimum absolute atomic E-state index is 0.0439. The minimum atomic E-state index is -4.35. The highest BCUT2D eigenvalue weighted by Crippen LogP contribution is 2.31. The predicted molar refractivity (Wildman–Crippen MR) is 49.8 cm³/mol. The topological polar surface area (TPSA) is 29.1 Å². The van der Waals surface area contributed by atoms with E-state index in [0.29, 0.717) is 11.8 Å². The summed E-state index contributed by atoms with van der Waals surface area (Å²) >= 11 is 0.601. The van der Waals surface area contributed by atoms with Gasteiger partial charge in [0.15, 0.2) is 0 Å². The van der Waals surface area contributed by atoms with Gasteiger partial charge in [-0.25, -0.2) is 0 Å². The first-order valence-electron chi connectivity index (χ1n) is 3.71. The van der Waals surface area contributed by atoms with Gasteiger partial charge in [0.25, 0.3) is 0 Å². The van der Waals surface area contributed by atoms with Crippen LogP contribution in [-0.4, -0.2) is 30.1 Å². The average Bonchev–Trinajstić information content (AvgIpc) is 2.08. The molecule has 1 amide bonds. The Hall–Kier alpha value is -0.830. The van der Waals surface area contributed by atoms with Gasteiger partial charge in [0.1, 0.15) is 5.25 Å². The van der Waals surface area contributed by atoms with E-state index in [1.165, 1.54) is 6.26 Å². The van der Waals surface area contributed by atoms with Crippen LogP contribution in [0.25, 0.3) is 0 Å². The van der Waals surface area contributed by atoms with Crippen molar-refractivity contribution in [2.75, 3.05) is 12.8 Å². The van der Waals surface area contributed by atoms with E-state index in [2.05, 4.69) is 11.2 Å². The first-order chi connectivity index (χ1) is 6.41. The van der Waals surface area contributed by atoms with Crippen LogP contribution < -0.4 is 5.32 Å². The molecule has 0 aromatic rings. The summed E-state index contributed by atoms with van der Waals surface area (Å²) in [6.45, 7) is -0.0439. The number of nitrogens with one attached hydrogen (secondary N) is 1. The molecule has 14 heavy (non-hydrogen) atoms. The molecule has 0 aliphatic heterocycles. The lowest BCUT2D eigenvalue weighted by Gasteiger charge is -2.16. The number of carbonyl (C=O) groups excluding carboxylic acids is 1. The van der Waals surface area contributed by atoms with Crippen LogP contribution in [0.3, 0.4) is 0 Å². The Labute approximate surface area is 84.6 Å². The Kier molecular flexibility index (Phi) is 5.46. The number of hydrogen-bond acceptors (Lipinski definition) is 2. The third-order valence-electron chi connectivity index (χ3n) is 1.41. The van der Waals surface area contributed by atoms with Gasteiger partial charge in [-0.2, -0.15) is 24.9 Å². The molecule has 0 fully saturated rings. The number of amides is 1. The molecule has 6 heteroatoms. The van der Waals surface area contributed by atoms with E-state index in [1.807, 2.05) is 0 Å². The molecule has 0 heterocycles. The van der Waals surface area contributed by atoms with E-state index in [1.54, 1.807) is 0 Å². The smallest absolute Gasteiger partial charge is 0.345 e. The number of hydrogen-bond donors (Lipinski definition) is 1. The number of carbonyl (C=O) groups is 1. The Bertz CT molecular complexity index is 234.